The third kappa shape index (κ3) is 4.54. The van der Waals surface area contributed by atoms with E-state index < -0.39 is 15.7 Å². The second-order valence-electron chi connectivity index (χ2n) is 7.32. The zero-order chi connectivity index (χ0) is 22.2. The number of rotatable bonds is 5. The summed E-state index contributed by atoms with van der Waals surface area (Å²) in [6, 6.07) is 10.5. The quantitative estimate of drug-likeness (QED) is 0.673. The van der Waals surface area contributed by atoms with Gasteiger partial charge in [-0.3, -0.25) is 4.79 Å². The van der Waals surface area contributed by atoms with Crippen LogP contribution in [0.5, 0.6) is 11.5 Å². The minimum Gasteiger partial charge on any atom is -0.493 e. The summed E-state index contributed by atoms with van der Waals surface area (Å²) in [5.74, 6) is 0.161. The Balaban J connectivity index is 1.64. The lowest BCUT2D eigenvalue weighted by Gasteiger charge is -2.24. The Morgan fingerprint density at radius 2 is 1.84 bits per heavy atom. The summed E-state index contributed by atoms with van der Waals surface area (Å²) < 4.78 is 48.0. The lowest BCUT2D eigenvalue weighted by atomic mass is 10.1. The Kier molecular flexibility index (Phi) is 5.94. The fraction of sp³-hybridized carbons (Fsp3) is 0.333. The summed E-state index contributed by atoms with van der Waals surface area (Å²) in [7, 11) is -0.159. The number of carbonyl (C=O) groups excluding carboxylic acids is 1. The van der Waals surface area contributed by atoms with E-state index in [1.54, 1.807) is 30.3 Å². The number of hydrogen-bond donors (Lipinski definition) is 0. The number of thioether (sulfide) groups is 1. The maximum atomic E-state index is 13.3. The first-order valence-electron chi connectivity index (χ1n) is 9.53. The van der Waals surface area contributed by atoms with Crippen molar-refractivity contribution in [1.82, 2.24) is 4.90 Å². The molecule has 2 fully saturated rings. The molecular formula is C21H21FN2O5S2. The van der Waals surface area contributed by atoms with Crippen molar-refractivity contribution in [2.75, 3.05) is 25.7 Å². The first-order valence-corrected chi connectivity index (χ1v) is 12.2. The van der Waals surface area contributed by atoms with Gasteiger partial charge in [-0.25, -0.2) is 12.8 Å². The van der Waals surface area contributed by atoms with Gasteiger partial charge in [0.25, 0.3) is 5.91 Å². The van der Waals surface area contributed by atoms with E-state index in [-0.39, 0.29) is 28.6 Å². The summed E-state index contributed by atoms with van der Waals surface area (Å²) in [6.45, 7) is 0.335. The lowest BCUT2D eigenvalue weighted by Crippen LogP contribution is -2.37. The highest BCUT2D eigenvalue weighted by atomic mass is 32.2. The molecule has 0 saturated carbocycles. The van der Waals surface area contributed by atoms with E-state index in [1.165, 1.54) is 38.1 Å². The predicted molar refractivity (Wildman–Crippen MR) is 117 cm³/mol. The number of amides is 1. The topological polar surface area (TPSA) is 85.3 Å². The van der Waals surface area contributed by atoms with Crippen LogP contribution in [0.1, 0.15) is 15.9 Å². The van der Waals surface area contributed by atoms with Crippen LogP contribution in [0.4, 0.5) is 4.39 Å². The van der Waals surface area contributed by atoms with Crippen LogP contribution in [-0.4, -0.2) is 61.4 Å². The van der Waals surface area contributed by atoms with Crippen molar-refractivity contribution in [3.8, 4) is 11.5 Å². The fourth-order valence-corrected chi connectivity index (χ4v) is 7.68. The molecule has 0 bridgehead atoms. The van der Waals surface area contributed by atoms with Crippen LogP contribution in [0.3, 0.4) is 0 Å². The highest BCUT2D eigenvalue weighted by Crippen LogP contribution is 2.39. The Morgan fingerprint density at radius 1 is 1.13 bits per heavy atom. The van der Waals surface area contributed by atoms with Crippen molar-refractivity contribution in [1.29, 1.82) is 0 Å². The number of methoxy groups -OCH3 is 2. The van der Waals surface area contributed by atoms with Crippen molar-refractivity contribution in [2.24, 2.45) is 4.99 Å². The number of carbonyl (C=O) groups is 1. The van der Waals surface area contributed by atoms with Crippen LogP contribution in [0.15, 0.2) is 47.5 Å². The SMILES string of the molecule is COc1ccc(C(=O)N=C2S[C@H]3CS(=O)(=O)C[C@@H]3N2Cc2ccc(F)cc2)cc1OC. The normalized spacial score (nSPS) is 23.1. The first kappa shape index (κ1) is 21.6. The smallest absolute Gasteiger partial charge is 0.279 e. The third-order valence-corrected chi connectivity index (χ3v) is 8.52. The van der Waals surface area contributed by atoms with E-state index in [9.17, 15) is 17.6 Å². The maximum Gasteiger partial charge on any atom is 0.279 e. The Bertz CT molecular complexity index is 1130. The molecule has 10 heteroatoms. The third-order valence-electron chi connectivity index (χ3n) is 5.27. The van der Waals surface area contributed by atoms with Crippen molar-refractivity contribution in [2.45, 2.75) is 17.8 Å². The number of fused-ring (bicyclic) bond motifs is 1. The van der Waals surface area contributed by atoms with Crippen LogP contribution in [0.25, 0.3) is 0 Å². The Labute approximate surface area is 184 Å². The van der Waals surface area contributed by atoms with Crippen LogP contribution in [0, 0.1) is 5.82 Å². The van der Waals surface area contributed by atoms with Gasteiger partial charge in [0.05, 0.1) is 31.8 Å². The van der Waals surface area contributed by atoms with Gasteiger partial charge in [-0.1, -0.05) is 23.9 Å². The van der Waals surface area contributed by atoms with Crippen molar-refractivity contribution >= 4 is 32.7 Å². The van der Waals surface area contributed by atoms with Crippen molar-refractivity contribution < 1.29 is 27.1 Å². The molecule has 4 rings (SSSR count). The van der Waals surface area contributed by atoms with Gasteiger partial charge in [0.15, 0.2) is 26.5 Å². The molecule has 2 heterocycles. The van der Waals surface area contributed by atoms with Crippen LogP contribution >= 0.6 is 11.8 Å². The zero-order valence-corrected chi connectivity index (χ0v) is 18.6. The highest BCUT2D eigenvalue weighted by molar-refractivity contribution is 8.15. The molecule has 2 aliphatic rings. The summed E-state index contributed by atoms with van der Waals surface area (Å²) in [5.41, 5.74) is 1.13. The molecule has 2 aromatic carbocycles. The van der Waals surface area contributed by atoms with Crippen molar-refractivity contribution in [3.63, 3.8) is 0 Å². The van der Waals surface area contributed by atoms with Gasteiger partial charge in [0.1, 0.15) is 5.82 Å². The van der Waals surface area contributed by atoms with Crippen LogP contribution in [-0.2, 0) is 16.4 Å². The molecular weight excluding hydrogens is 443 g/mol. The van der Waals surface area contributed by atoms with Crippen LogP contribution < -0.4 is 9.47 Å². The zero-order valence-electron chi connectivity index (χ0n) is 16.9. The molecule has 0 unspecified atom stereocenters. The predicted octanol–water partition coefficient (Wildman–Crippen LogP) is 2.75. The van der Waals surface area contributed by atoms with Gasteiger partial charge in [0, 0.05) is 17.4 Å². The first-order chi connectivity index (χ1) is 14.8. The maximum absolute atomic E-state index is 13.3. The number of benzene rings is 2. The molecule has 2 aromatic rings. The molecule has 2 saturated heterocycles. The van der Waals surface area contributed by atoms with E-state index in [4.69, 9.17) is 9.47 Å². The number of hydrogen-bond acceptors (Lipinski definition) is 6. The largest absolute Gasteiger partial charge is 0.493 e. The molecule has 0 aromatic heterocycles. The molecule has 0 N–H and O–H groups in total. The van der Waals surface area contributed by atoms with Gasteiger partial charge < -0.3 is 14.4 Å². The molecule has 1 amide bonds. The average molecular weight is 465 g/mol. The summed E-state index contributed by atoms with van der Waals surface area (Å²) >= 11 is 1.30. The van der Waals surface area contributed by atoms with Crippen LogP contribution in [0.2, 0.25) is 0 Å². The molecule has 31 heavy (non-hydrogen) atoms. The van der Waals surface area contributed by atoms with Gasteiger partial charge in [0.2, 0.25) is 0 Å². The number of sulfone groups is 1. The molecule has 2 aliphatic heterocycles. The van der Waals surface area contributed by atoms with E-state index in [0.29, 0.717) is 28.8 Å². The molecule has 2 atom stereocenters. The molecule has 164 valence electrons. The second-order valence-corrected chi connectivity index (χ2v) is 10.7. The number of amidine groups is 1. The Hall–Kier alpha value is -2.59. The molecule has 7 nitrogen and oxygen atoms in total. The van der Waals surface area contributed by atoms with Gasteiger partial charge in [-0.05, 0) is 35.9 Å². The standard InChI is InChI=1S/C21H21FN2O5S2/c1-28-17-8-5-14(9-18(17)29-2)20(25)23-21-24(10-13-3-6-15(22)7-4-13)16-11-31(26,27)12-19(16)30-21/h3-9,16,19H,10-12H2,1-2H3/t16-,19-/m0/s1. The fourth-order valence-electron chi connectivity index (χ4n) is 3.73. The molecule has 0 aliphatic carbocycles. The van der Waals surface area contributed by atoms with E-state index in [2.05, 4.69) is 4.99 Å². The van der Waals surface area contributed by atoms with Gasteiger partial charge in [-0.2, -0.15) is 4.99 Å². The number of nitrogens with zero attached hydrogens (tertiary/aromatic N) is 2. The molecule has 0 spiro atoms. The van der Waals surface area contributed by atoms with E-state index >= 15 is 0 Å². The highest BCUT2D eigenvalue weighted by Gasteiger charge is 2.48. The van der Waals surface area contributed by atoms with E-state index in [0.717, 1.165) is 5.56 Å². The summed E-state index contributed by atoms with van der Waals surface area (Å²) in [5, 5.41) is 0.274. The molecule has 0 radical (unpaired) electrons. The Morgan fingerprint density at radius 3 is 2.52 bits per heavy atom. The number of aliphatic imine (C=N–C) groups is 1. The summed E-state index contributed by atoms with van der Waals surface area (Å²) in [4.78, 5) is 19.0. The van der Waals surface area contributed by atoms with Crippen molar-refractivity contribution in [3.05, 3.63) is 59.4 Å². The van der Waals surface area contributed by atoms with Gasteiger partial charge in [-0.15, -0.1) is 0 Å². The lowest BCUT2D eigenvalue weighted by molar-refractivity contribution is 0.100. The minimum absolute atomic E-state index is 0.00936. The summed E-state index contributed by atoms with van der Waals surface area (Å²) in [6.07, 6.45) is 0. The number of halogens is 1. The minimum atomic E-state index is -3.15. The second kappa shape index (κ2) is 8.51. The van der Waals surface area contributed by atoms with Gasteiger partial charge >= 0.3 is 0 Å². The average Bonchev–Trinajstić information content (AvgIpc) is 3.20. The van der Waals surface area contributed by atoms with E-state index in [1.807, 2.05) is 4.90 Å². The monoisotopic (exact) mass is 464 g/mol. The number of ether oxygens (including phenoxy) is 2.